The summed E-state index contributed by atoms with van der Waals surface area (Å²) in [4.78, 5) is 13.7. The third kappa shape index (κ3) is 7.10. The van der Waals surface area contributed by atoms with Crippen LogP contribution in [0.25, 0.3) is 0 Å². The number of likely N-dealkylation sites (tertiary alicyclic amines) is 1. The van der Waals surface area contributed by atoms with Crippen molar-refractivity contribution in [3.05, 3.63) is 0 Å². The fourth-order valence-corrected chi connectivity index (χ4v) is 2.23. The van der Waals surface area contributed by atoms with Crippen molar-refractivity contribution >= 4 is 6.09 Å². The lowest BCUT2D eigenvalue weighted by molar-refractivity contribution is 0.0182. The third-order valence-electron chi connectivity index (χ3n) is 3.26. The number of carbonyl (C=O) groups is 1. The van der Waals surface area contributed by atoms with E-state index in [0.717, 1.165) is 32.5 Å². The summed E-state index contributed by atoms with van der Waals surface area (Å²) in [6.07, 6.45) is 1.76. The highest BCUT2D eigenvalue weighted by Crippen LogP contribution is 2.19. The van der Waals surface area contributed by atoms with Crippen LogP contribution in [0.4, 0.5) is 4.79 Å². The number of rotatable bonds is 4. The molecule has 0 saturated carbocycles. The van der Waals surface area contributed by atoms with Crippen LogP contribution >= 0.6 is 0 Å². The van der Waals surface area contributed by atoms with Crippen LogP contribution in [-0.4, -0.2) is 53.5 Å². The van der Waals surface area contributed by atoms with Gasteiger partial charge in [-0.3, -0.25) is 0 Å². The highest BCUT2D eigenvalue weighted by Gasteiger charge is 2.26. The van der Waals surface area contributed by atoms with Crippen LogP contribution in [-0.2, 0) is 4.74 Å². The first-order chi connectivity index (χ1) is 9.07. The average molecular weight is 286 g/mol. The molecule has 2 N–H and O–H groups in total. The second-order valence-electron chi connectivity index (χ2n) is 7.35. The van der Waals surface area contributed by atoms with Gasteiger partial charge in [0.25, 0.3) is 0 Å². The maximum absolute atomic E-state index is 11.9. The molecule has 0 unspecified atom stereocenters. The van der Waals surface area contributed by atoms with E-state index >= 15 is 0 Å². The Morgan fingerprint density at radius 2 is 1.80 bits per heavy atom. The summed E-state index contributed by atoms with van der Waals surface area (Å²) in [5.41, 5.74) is -1.10. The number of ether oxygens (including phenoxy) is 1. The minimum atomic E-state index is -0.669. The molecule has 1 amide bonds. The van der Waals surface area contributed by atoms with Gasteiger partial charge in [-0.15, -0.1) is 0 Å². The lowest BCUT2D eigenvalue weighted by Crippen LogP contribution is -2.44. The van der Waals surface area contributed by atoms with Crippen LogP contribution in [0.3, 0.4) is 0 Å². The minimum Gasteiger partial charge on any atom is -0.444 e. The monoisotopic (exact) mass is 286 g/mol. The van der Waals surface area contributed by atoms with Gasteiger partial charge in [0.05, 0.1) is 5.60 Å². The molecule has 0 bridgehead atoms. The molecule has 5 heteroatoms. The van der Waals surface area contributed by atoms with Crippen molar-refractivity contribution in [1.82, 2.24) is 10.2 Å². The van der Waals surface area contributed by atoms with Crippen LogP contribution in [0.15, 0.2) is 0 Å². The zero-order valence-electron chi connectivity index (χ0n) is 13.5. The number of carbonyl (C=O) groups excluding carboxylic acids is 1. The van der Waals surface area contributed by atoms with Crippen molar-refractivity contribution in [2.75, 3.05) is 26.2 Å². The topological polar surface area (TPSA) is 61.8 Å². The fourth-order valence-electron chi connectivity index (χ4n) is 2.23. The van der Waals surface area contributed by atoms with Crippen molar-refractivity contribution in [2.24, 2.45) is 5.92 Å². The zero-order chi connectivity index (χ0) is 15.4. The van der Waals surface area contributed by atoms with Gasteiger partial charge in [0.1, 0.15) is 5.60 Å². The Bertz CT molecular complexity index is 310. The van der Waals surface area contributed by atoms with Crippen molar-refractivity contribution in [3.8, 4) is 0 Å². The van der Waals surface area contributed by atoms with Crippen molar-refractivity contribution in [3.63, 3.8) is 0 Å². The largest absolute Gasteiger partial charge is 0.444 e. The summed E-state index contributed by atoms with van der Waals surface area (Å²) in [7, 11) is 0. The first-order valence-corrected chi connectivity index (χ1v) is 7.48. The van der Waals surface area contributed by atoms with Gasteiger partial charge in [-0.05, 0) is 59.9 Å². The van der Waals surface area contributed by atoms with E-state index in [1.165, 1.54) is 0 Å². The van der Waals surface area contributed by atoms with Gasteiger partial charge in [-0.25, -0.2) is 4.79 Å². The first-order valence-electron chi connectivity index (χ1n) is 7.48. The highest BCUT2D eigenvalue weighted by molar-refractivity contribution is 5.68. The third-order valence-corrected chi connectivity index (χ3v) is 3.26. The first kappa shape index (κ1) is 17.2. The van der Waals surface area contributed by atoms with Crippen LogP contribution in [0.2, 0.25) is 0 Å². The second kappa shape index (κ2) is 6.76. The van der Waals surface area contributed by atoms with Gasteiger partial charge in [-0.2, -0.15) is 0 Å². The minimum absolute atomic E-state index is 0.208. The molecule has 1 aliphatic rings. The molecule has 20 heavy (non-hydrogen) atoms. The van der Waals surface area contributed by atoms with Gasteiger partial charge < -0.3 is 20.1 Å². The Kier molecular flexibility index (Phi) is 5.83. The summed E-state index contributed by atoms with van der Waals surface area (Å²) >= 11 is 0. The maximum Gasteiger partial charge on any atom is 0.410 e. The quantitative estimate of drug-likeness (QED) is 0.830. The van der Waals surface area contributed by atoms with Gasteiger partial charge in [0.2, 0.25) is 0 Å². The van der Waals surface area contributed by atoms with Crippen molar-refractivity contribution in [1.29, 1.82) is 0 Å². The van der Waals surface area contributed by atoms with Crippen LogP contribution in [0, 0.1) is 5.92 Å². The van der Waals surface area contributed by atoms with E-state index in [9.17, 15) is 9.90 Å². The number of amides is 1. The Morgan fingerprint density at radius 1 is 1.25 bits per heavy atom. The highest BCUT2D eigenvalue weighted by atomic mass is 16.6. The molecule has 1 fully saturated rings. The number of nitrogens with one attached hydrogen (secondary N) is 1. The number of piperidine rings is 1. The molecule has 0 radical (unpaired) electrons. The number of hydrogen-bond donors (Lipinski definition) is 2. The summed E-state index contributed by atoms with van der Waals surface area (Å²) in [6, 6.07) is 0. The molecule has 1 heterocycles. The molecule has 0 aromatic heterocycles. The summed E-state index contributed by atoms with van der Waals surface area (Å²) < 4.78 is 5.38. The SMILES string of the molecule is CC(C)(O)CNCC1CCN(C(=O)OC(C)(C)C)CC1. The fraction of sp³-hybridized carbons (Fsp3) is 0.933. The molecule has 1 saturated heterocycles. The summed E-state index contributed by atoms with van der Waals surface area (Å²) in [5, 5.41) is 12.9. The van der Waals surface area contributed by atoms with Crippen molar-refractivity contribution in [2.45, 2.75) is 58.7 Å². The van der Waals surface area contributed by atoms with Crippen LogP contribution < -0.4 is 5.32 Å². The molecule has 5 nitrogen and oxygen atoms in total. The Morgan fingerprint density at radius 3 is 2.25 bits per heavy atom. The lowest BCUT2D eigenvalue weighted by atomic mass is 9.96. The molecule has 0 aromatic carbocycles. The summed E-state index contributed by atoms with van der Waals surface area (Å²) in [5.74, 6) is 0.566. The van der Waals surface area contributed by atoms with Gasteiger partial charge in [-0.1, -0.05) is 0 Å². The average Bonchev–Trinajstić information content (AvgIpc) is 2.25. The van der Waals surface area contributed by atoms with E-state index in [0.29, 0.717) is 12.5 Å². The molecule has 0 atom stereocenters. The number of hydrogen-bond acceptors (Lipinski definition) is 4. The van der Waals surface area contributed by atoms with E-state index in [2.05, 4.69) is 5.32 Å². The molecular formula is C15H30N2O3. The van der Waals surface area contributed by atoms with E-state index in [1.54, 1.807) is 18.7 Å². The Hall–Kier alpha value is -0.810. The Labute approximate surface area is 122 Å². The van der Waals surface area contributed by atoms with Gasteiger partial charge >= 0.3 is 6.09 Å². The molecule has 0 spiro atoms. The lowest BCUT2D eigenvalue weighted by Gasteiger charge is -2.33. The predicted octanol–water partition coefficient (Wildman–Crippen LogP) is 1.99. The number of nitrogens with zero attached hydrogens (tertiary/aromatic N) is 1. The van der Waals surface area contributed by atoms with Crippen molar-refractivity contribution < 1.29 is 14.6 Å². The molecule has 1 rings (SSSR count). The van der Waals surface area contributed by atoms with Gasteiger partial charge in [0, 0.05) is 19.6 Å². The summed E-state index contributed by atoms with van der Waals surface area (Å²) in [6.45, 7) is 12.3. The zero-order valence-corrected chi connectivity index (χ0v) is 13.5. The second-order valence-corrected chi connectivity index (χ2v) is 7.35. The smallest absolute Gasteiger partial charge is 0.410 e. The van der Waals surface area contributed by atoms with E-state index in [-0.39, 0.29) is 6.09 Å². The molecular weight excluding hydrogens is 256 g/mol. The van der Waals surface area contributed by atoms with Crippen LogP contribution in [0.5, 0.6) is 0 Å². The van der Waals surface area contributed by atoms with E-state index in [1.807, 2.05) is 20.8 Å². The number of aliphatic hydroxyl groups is 1. The molecule has 0 aromatic rings. The maximum atomic E-state index is 11.9. The van der Waals surface area contributed by atoms with E-state index < -0.39 is 11.2 Å². The molecule has 118 valence electrons. The molecule has 0 aliphatic carbocycles. The molecule has 1 aliphatic heterocycles. The van der Waals surface area contributed by atoms with Crippen LogP contribution in [0.1, 0.15) is 47.5 Å². The normalized spacial score (nSPS) is 18.2. The Balaban J connectivity index is 2.25. The van der Waals surface area contributed by atoms with Gasteiger partial charge in [0.15, 0.2) is 0 Å². The predicted molar refractivity (Wildman–Crippen MR) is 79.7 cm³/mol. The van der Waals surface area contributed by atoms with E-state index in [4.69, 9.17) is 4.74 Å². The standard InChI is InChI=1S/C15H30N2O3/c1-14(2,3)20-13(18)17-8-6-12(7-9-17)10-16-11-15(4,5)19/h12,16,19H,6-11H2,1-5H3.